The van der Waals surface area contributed by atoms with Gasteiger partial charge in [0.15, 0.2) is 0 Å². The first-order chi connectivity index (χ1) is 12.9. The minimum Gasteiger partial charge on any atom is -0.324 e. The Bertz CT molecular complexity index is 951. The van der Waals surface area contributed by atoms with Crippen LogP contribution in [-0.2, 0) is 9.59 Å². The molecule has 138 valence electrons. The van der Waals surface area contributed by atoms with Crippen molar-refractivity contribution in [2.75, 3.05) is 11.9 Å². The molecule has 0 spiro atoms. The molecule has 0 radical (unpaired) electrons. The van der Waals surface area contributed by atoms with Gasteiger partial charge < -0.3 is 5.32 Å². The molecule has 5 nitrogen and oxygen atoms in total. The molecule has 1 heterocycles. The lowest BCUT2D eigenvalue weighted by Crippen LogP contribution is -2.36. The van der Waals surface area contributed by atoms with Gasteiger partial charge in [-0.3, -0.25) is 19.3 Å². The van der Waals surface area contributed by atoms with Crippen LogP contribution in [0.15, 0.2) is 47.4 Å². The molecule has 0 bridgehead atoms. The highest BCUT2D eigenvalue weighted by molar-refractivity contribution is 14.1. The molecule has 0 aromatic heterocycles. The van der Waals surface area contributed by atoms with Gasteiger partial charge in [0.2, 0.25) is 5.91 Å². The van der Waals surface area contributed by atoms with Crippen molar-refractivity contribution in [1.82, 2.24) is 4.90 Å². The number of nitrogens with zero attached hydrogens (tertiary/aromatic N) is 1. The van der Waals surface area contributed by atoms with Crippen molar-refractivity contribution >= 4 is 63.2 Å². The molecule has 3 amide bonds. The summed E-state index contributed by atoms with van der Waals surface area (Å²) in [5.41, 5.74) is 3.43. The number of para-hydroxylation sites is 1. The van der Waals surface area contributed by atoms with Crippen LogP contribution in [0.2, 0.25) is 0 Å². The van der Waals surface area contributed by atoms with E-state index in [2.05, 4.69) is 27.9 Å². The molecule has 0 atom stereocenters. The highest BCUT2D eigenvalue weighted by atomic mass is 127. The summed E-state index contributed by atoms with van der Waals surface area (Å²) >= 11 is 3.03. The lowest BCUT2D eigenvalue weighted by Gasteiger charge is -2.15. The third kappa shape index (κ3) is 4.41. The number of rotatable bonds is 4. The number of hydrogen-bond donors (Lipinski definition) is 1. The first-order valence-electron chi connectivity index (χ1n) is 8.23. The number of thioether (sulfide) groups is 1. The maximum Gasteiger partial charge on any atom is 0.294 e. The van der Waals surface area contributed by atoms with Crippen LogP contribution in [-0.4, -0.2) is 28.5 Å². The first kappa shape index (κ1) is 19.6. The molecule has 1 fully saturated rings. The number of imide groups is 1. The summed E-state index contributed by atoms with van der Waals surface area (Å²) in [5, 5.41) is 2.37. The van der Waals surface area contributed by atoms with Crippen LogP contribution >= 0.6 is 34.4 Å². The van der Waals surface area contributed by atoms with Crippen LogP contribution in [0.4, 0.5) is 10.5 Å². The summed E-state index contributed by atoms with van der Waals surface area (Å²) in [6.07, 6.45) is 1.69. The van der Waals surface area contributed by atoms with Crippen molar-refractivity contribution < 1.29 is 14.4 Å². The fourth-order valence-corrected chi connectivity index (χ4v) is 4.08. The molecule has 0 unspecified atom stereocenters. The number of halogens is 1. The predicted octanol–water partition coefficient (Wildman–Crippen LogP) is 4.58. The fraction of sp³-hybridized carbons (Fsp3) is 0.150. The summed E-state index contributed by atoms with van der Waals surface area (Å²) in [7, 11) is 0. The van der Waals surface area contributed by atoms with Gasteiger partial charge >= 0.3 is 0 Å². The second-order valence-corrected chi connectivity index (χ2v) is 8.26. The van der Waals surface area contributed by atoms with Crippen molar-refractivity contribution in [1.29, 1.82) is 0 Å². The minimum atomic E-state index is -0.443. The van der Waals surface area contributed by atoms with E-state index in [-0.39, 0.29) is 6.54 Å². The molecule has 3 rings (SSSR count). The van der Waals surface area contributed by atoms with Gasteiger partial charge in [-0.1, -0.05) is 36.4 Å². The Morgan fingerprint density at radius 1 is 1.11 bits per heavy atom. The average Bonchev–Trinajstić information content (AvgIpc) is 2.88. The molecule has 1 aliphatic heterocycles. The molecule has 0 saturated carbocycles. The molecule has 2 aromatic carbocycles. The fourth-order valence-electron chi connectivity index (χ4n) is 2.70. The van der Waals surface area contributed by atoms with Crippen molar-refractivity contribution in [2.24, 2.45) is 0 Å². The number of amides is 3. The van der Waals surface area contributed by atoms with E-state index in [4.69, 9.17) is 0 Å². The van der Waals surface area contributed by atoms with Crippen molar-refractivity contribution in [2.45, 2.75) is 13.8 Å². The number of aryl methyl sites for hydroxylation is 2. The highest BCUT2D eigenvalue weighted by Crippen LogP contribution is 2.33. The Labute approximate surface area is 175 Å². The molecule has 27 heavy (non-hydrogen) atoms. The van der Waals surface area contributed by atoms with Gasteiger partial charge in [-0.25, -0.2) is 0 Å². The Morgan fingerprint density at radius 3 is 2.44 bits per heavy atom. The van der Waals surface area contributed by atoms with Crippen LogP contribution in [0.5, 0.6) is 0 Å². The number of carbonyl (C=O) groups excluding carboxylic acids is 3. The minimum absolute atomic E-state index is 0.304. The Balaban J connectivity index is 1.74. The Kier molecular flexibility index (Phi) is 6.01. The predicted molar refractivity (Wildman–Crippen MR) is 116 cm³/mol. The van der Waals surface area contributed by atoms with E-state index in [0.29, 0.717) is 10.6 Å². The van der Waals surface area contributed by atoms with E-state index in [9.17, 15) is 14.4 Å². The number of anilines is 1. The van der Waals surface area contributed by atoms with Gasteiger partial charge in [0.05, 0.1) is 4.91 Å². The third-order valence-electron chi connectivity index (χ3n) is 4.11. The van der Waals surface area contributed by atoms with Gasteiger partial charge in [-0.05, 0) is 77.0 Å². The van der Waals surface area contributed by atoms with E-state index in [0.717, 1.165) is 36.9 Å². The number of nitrogens with one attached hydrogen (secondary N) is 1. The van der Waals surface area contributed by atoms with E-state index in [1.54, 1.807) is 6.08 Å². The van der Waals surface area contributed by atoms with Gasteiger partial charge in [0.25, 0.3) is 11.1 Å². The quantitative estimate of drug-likeness (QED) is 0.501. The standard InChI is InChI=1S/C20H17IN2O3S/c1-12-6-5-7-13(2)18(12)22-17(24)11-23-19(25)16(27-20(23)26)10-14-8-3-4-9-15(14)21/h3-10H,11H2,1-2H3,(H,22,24). The van der Waals surface area contributed by atoms with Gasteiger partial charge in [-0.2, -0.15) is 0 Å². The van der Waals surface area contributed by atoms with Crippen molar-refractivity contribution in [3.05, 3.63) is 67.6 Å². The maximum atomic E-state index is 12.6. The Morgan fingerprint density at radius 2 is 1.78 bits per heavy atom. The lowest BCUT2D eigenvalue weighted by atomic mass is 10.1. The smallest absolute Gasteiger partial charge is 0.294 e. The summed E-state index contributed by atoms with van der Waals surface area (Å²) in [5.74, 6) is -0.841. The molecule has 7 heteroatoms. The van der Waals surface area contributed by atoms with Crippen LogP contribution in [0.25, 0.3) is 6.08 Å². The summed E-state index contributed by atoms with van der Waals surface area (Å²) in [6.45, 7) is 3.49. The topological polar surface area (TPSA) is 66.5 Å². The number of benzene rings is 2. The summed E-state index contributed by atoms with van der Waals surface area (Å²) < 4.78 is 0.981. The zero-order valence-electron chi connectivity index (χ0n) is 14.8. The van der Waals surface area contributed by atoms with Gasteiger partial charge in [0, 0.05) is 9.26 Å². The van der Waals surface area contributed by atoms with Gasteiger partial charge in [0.1, 0.15) is 6.54 Å². The molecular weight excluding hydrogens is 475 g/mol. The summed E-state index contributed by atoms with van der Waals surface area (Å²) in [4.78, 5) is 38.5. The maximum absolute atomic E-state index is 12.6. The van der Waals surface area contributed by atoms with E-state index < -0.39 is 17.1 Å². The molecule has 2 aromatic rings. The SMILES string of the molecule is Cc1cccc(C)c1NC(=O)CN1C(=O)SC(=Cc2ccccc2I)C1=O. The molecule has 1 aliphatic rings. The lowest BCUT2D eigenvalue weighted by molar-refractivity contribution is -0.127. The van der Waals surface area contributed by atoms with Crippen molar-refractivity contribution in [3.63, 3.8) is 0 Å². The largest absolute Gasteiger partial charge is 0.324 e. The van der Waals surface area contributed by atoms with Gasteiger partial charge in [-0.15, -0.1) is 0 Å². The second kappa shape index (κ2) is 8.26. The monoisotopic (exact) mass is 492 g/mol. The van der Waals surface area contributed by atoms with Crippen LogP contribution in [0, 0.1) is 17.4 Å². The van der Waals surface area contributed by atoms with Crippen LogP contribution in [0.3, 0.4) is 0 Å². The van der Waals surface area contributed by atoms with E-state index in [1.807, 2.05) is 56.3 Å². The molecule has 1 N–H and O–H groups in total. The first-order valence-corrected chi connectivity index (χ1v) is 10.1. The second-order valence-electron chi connectivity index (χ2n) is 6.10. The van der Waals surface area contributed by atoms with E-state index in [1.165, 1.54) is 0 Å². The summed E-state index contributed by atoms with van der Waals surface area (Å²) in [6, 6.07) is 13.3. The number of hydrogen-bond acceptors (Lipinski definition) is 4. The molecule has 0 aliphatic carbocycles. The van der Waals surface area contributed by atoms with Crippen LogP contribution in [0.1, 0.15) is 16.7 Å². The van der Waals surface area contributed by atoms with E-state index >= 15 is 0 Å². The molecule has 1 saturated heterocycles. The van der Waals surface area contributed by atoms with Crippen molar-refractivity contribution in [3.8, 4) is 0 Å². The zero-order valence-corrected chi connectivity index (χ0v) is 17.8. The highest BCUT2D eigenvalue weighted by Gasteiger charge is 2.36. The average molecular weight is 492 g/mol. The normalized spacial score (nSPS) is 15.5. The zero-order chi connectivity index (χ0) is 19.6. The molecular formula is C20H17IN2O3S. The van der Waals surface area contributed by atoms with Crippen LogP contribution < -0.4 is 5.32 Å². The third-order valence-corrected chi connectivity index (χ3v) is 6.00. The number of carbonyl (C=O) groups is 3. The Hall–Kier alpha value is -2.13.